The van der Waals surface area contributed by atoms with Crippen LogP contribution in [0.15, 0.2) is 24.3 Å². The van der Waals surface area contributed by atoms with Gasteiger partial charge in [0, 0.05) is 35.5 Å². The minimum Gasteiger partial charge on any atom is -0.392 e. The van der Waals surface area contributed by atoms with E-state index in [1.165, 1.54) is 44.3 Å². The van der Waals surface area contributed by atoms with Gasteiger partial charge in [0.2, 0.25) is 0 Å². The van der Waals surface area contributed by atoms with E-state index in [-0.39, 0.29) is 17.1 Å². The molecular weight excluding hydrogens is 284 g/mol. The minimum atomic E-state index is -0.108. The highest BCUT2D eigenvalue weighted by Gasteiger charge is 2.85. The molecule has 2 saturated heterocycles. The summed E-state index contributed by atoms with van der Waals surface area (Å²) in [6.07, 6.45) is 6.54. The number of rotatable bonds is 0. The molecule has 0 radical (unpaired) electrons. The zero-order valence-corrected chi connectivity index (χ0v) is 13.5. The van der Waals surface area contributed by atoms with E-state index in [2.05, 4.69) is 34.5 Å². The average Bonchev–Trinajstić information content (AvgIpc) is 3.13. The molecule has 1 aromatic rings. The number of hydrogen-bond acceptors (Lipinski definition) is 3. The van der Waals surface area contributed by atoms with Crippen LogP contribution in [0.5, 0.6) is 0 Å². The van der Waals surface area contributed by atoms with Crippen LogP contribution >= 0.6 is 0 Å². The van der Waals surface area contributed by atoms with Gasteiger partial charge in [-0.3, -0.25) is 4.90 Å². The number of fused-ring (bicyclic) bond motifs is 2. The van der Waals surface area contributed by atoms with Gasteiger partial charge in [0.25, 0.3) is 0 Å². The van der Waals surface area contributed by atoms with E-state index in [0.29, 0.717) is 23.3 Å². The number of benzene rings is 1. The molecule has 3 aliphatic heterocycles. The van der Waals surface area contributed by atoms with Crippen LogP contribution in [0.25, 0.3) is 0 Å². The number of piperidine rings is 1. The molecule has 3 heteroatoms. The second kappa shape index (κ2) is 3.34. The standard InChI is InChI=1S/C20H24N2O/c23-16-13-10-18-6-3-9-22-11-14(16)20(17(18)22)12-4-1-2-5-15(12)21-19(13,20)8-7-18/h1-2,4-5,13-14,16-17,21,23H,3,6-11H2. The van der Waals surface area contributed by atoms with Crippen molar-refractivity contribution in [3.63, 3.8) is 0 Å². The van der Waals surface area contributed by atoms with Gasteiger partial charge in [-0.05, 0) is 55.7 Å². The third kappa shape index (κ3) is 0.950. The van der Waals surface area contributed by atoms with Gasteiger partial charge in [0.05, 0.1) is 11.6 Å². The molecule has 6 fully saturated rings. The minimum absolute atomic E-state index is 0.108. The van der Waals surface area contributed by atoms with Crippen LogP contribution in [0.3, 0.4) is 0 Å². The zero-order chi connectivity index (χ0) is 15.0. The highest BCUT2D eigenvalue weighted by atomic mass is 16.3. The summed E-state index contributed by atoms with van der Waals surface area (Å²) in [4.78, 5) is 2.80. The summed E-state index contributed by atoms with van der Waals surface area (Å²) < 4.78 is 0. The second-order valence-corrected chi connectivity index (χ2v) is 9.28. The third-order valence-electron chi connectivity index (χ3n) is 9.08. The Balaban J connectivity index is 1.62. The second-order valence-electron chi connectivity index (χ2n) is 9.28. The number of anilines is 1. The van der Waals surface area contributed by atoms with Crippen LogP contribution in [0, 0.1) is 17.3 Å². The Morgan fingerprint density at radius 1 is 1.13 bits per heavy atom. The zero-order valence-electron chi connectivity index (χ0n) is 13.5. The van der Waals surface area contributed by atoms with Crippen molar-refractivity contribution in [1.82, 2.24) is 4.90 Å². The lowest BCUT2D eigenvalue weighted by Gasteiger charge is -2.67. The summed E-state index contributed by atoms with van der Waals surface area (Å²) in [6.45, 7) is 2.38. The quantitative estimate of drug-likeness (QED) is 0.772. The van der Waals surface area contributed by atoms with E-state index < -0.39 is 0 Å². The molecule has 3 nitrogen and oxygen atoms in total. The third-order valence-corrected chi connectivity index (χ3v) is 9.08. The van der Waals surface area contributed by atoms with Gasteiger partial charge in [-0.2, -0.15) is 0 Å². The lowest BCUT2D eigenvalue weighted by Crippen LogP contribution is -2.74. The summed E-state index contributed by atoms with van der Waals surface area (Å²) in [5.74, 6) is 0.902. The van der Waals surface area contributed by atoms with Crippen molar-refractivity contribution in [2.24, 2.45) is 17.3 Å². The van der Waals surface area contributed by atoms with Crippen LogP contribution in [0.4, 0.5) is 5.69 Å². The van der Waals surface area contributed by atoms with Crippen molar-refractivity contribution in [3.05, 3.63) is 29.8 Å². The highest BCUT2D eigenvalue weighted by molar-refractivity contribution is 5.70. The molecule has 0 amide bonds. The van der Waals surface area contributed by atoms with Crippen molar-refractivity contribution < 1.29 is 5.11 Å². The first kappa shape index (κ1) is 12.3. The fraction of sp³-hybridized carbons (Fsp3) is 0.700. The molecule has 3 heterocycles. The SMILES string of the molecule is OC1C2CC34CCCN5CC1C1(c6ccccc6NC21CC3)C54. The molecule has 1 aromatic carbocycles. The molecule has 120 valence electrons. The molecule has 4 bridgehead atoms. The van der Waals surface area contributed by atoms with Gasteiger partial charge in [-0.25, -0.2) is 0 Å². The topological polar surface area (TPSA) is 35.5 Å². The van der Waals surface area contributed by atoms with Crippen molar-refractivity contribution >= 4 is 5.69 Å². The van der Waals surface area contributed by atoms with E-state index >= 15 is 0 Å². The molecule has 7 unspecified atom stereocenters. The molecule has 2 N–H and O–H groups in total. The number of aliphatic hydroxyl groups is 1. The van der Waals surface area contributed by atoms with E-state index in [4.69, 9.17) is 0 Å². The molecule has 7 aliphatic rings. The highest BCUT2D eigenvalue weighted by Crippen LogP contribution is 2.80. The number of aliphatic hydroxyl groups excluding tert-OH is 1. The summed E-state index contributed by atoms with van der Waals surface area (Å²) in [5, 5.41) is 15.3. The maximum atomic E-state index is 11.3. The van der Waals surface area contributed by atoms with Crippen molar-refractivity contribution in [3.8, 4) is 0 Å². The number of para-hydroxylation sites is 1. The predicted octanol–water partition coefficient (Wildman–Crippen LogP) is 2.36. The molecular formula is C20H24N2O. The fourth-order valence-corrected chi connectivity index (χ4v) is 8.87. The summed E-state index contributed by atoms with van der Waals surface area (Å²) in [7, 11) is 0. The fourth-order valence-electron chi connectivity index (χ4n) is 8.87. The van der Waals surface area contributed by atoms with Crippen LogP contribution in [-0.2, 0) is 5.41 Å². The van der Waals surface area contributed by atoms with Gasteiger partial charge in [0.1, 0.15) is 0 Å². The first-order valence-corrected chi connectivity index (χ1v) is 9.53. The number of hydrogen-bond donors (Lipinski definition) is 2. The molecule has 4 saturated carbocycles. The Labute approximate surface area is 137 Å². The summed E-state index contributed by atoms with van der Waals surface area (Å²) >= 11 is 0. The van der Waals surface area contributed by atoms with Gasteiger partial charge in [-0.15, -0.1) is 0 Å². The summed E-state index contributed by atoms with van der Waals surface area (Å²) in [6, 6.07) is 9.74. The molecule has 4 aliphatic carbocycles. The number of nitrogens with one attached hydrogen (secondary N) is 1. The van der Waals surface area contributed by atoms with E-state index in [0.717, 1.165) is 6.54 Å². The van der Waals surface area contributed by atoms with Gasteiger partial charge < -0.3 is 10.4 Å². The molecule has 3 spiro atoms. The molecule has 0 aromatic heterocycles. The Morgan fingerprint density at radius 2 is 2.04 bits per heavy atom. The maximum absolute atomic E-state index is 11.3. The van der Waals surface area contributed by atoms with Crippen LogP contribution < -0.4 is 5.32 Å². The van der Waals surface area contributed by atoms with Gasteiger partial charge in [-0.1, -0.05) is 18.2 Å². The van der Waals surface area contributed by atoms with Crippen molar-refractivity contribution in [2.75, 3.05) is 18.4 Å². The average molecular weight is 308 g/mol. The van der Waals surface area contributed by atoms with Crippen molar-refractivity contribution in [2.45, 2.75) is 55.2 Å². The normalized spacial score (nSPS) is 57.3. The Hall–Kier alpha value is -1.06. The smallest absolute Gasteiger partial charge is 0.0641 e. The monoisotopic (exact) mass is 308 g/mol. The van der Waals surface area contributed by atoms with Crippen molar-refractivity contribution in [1.29, 1.82) is 0 Å². The summed E-state index contributed by atoms with van der Waals surface area (Å²) in [5.41, 5.74) is 3.73. The predicted molar refractivity (Wildman–Crippen MR) is 88.3 cm³/mol. The maximum Gasteiger partial charge on any atom is 0.0641 e. The van der Waals surface area contributed by atoms with E-state index in [1.54, 1.807) is 5.56 Å². The van der Waals surface area contributed by atoms with Gasteiger partial charge in [0.15, 0.2) is 0 Å². The Bertz CT molecular complexity index is 749. The van der Waals surface area contributed by atoms with Crippen LogP contribution in [0.1, 0.15) is 37.7 Å². The first-order chi connectivity index (χ1) is 11.2. The van der Waals surface area contributed by atoms with E-state index in [9.17, 15) is 5.11 Å². The lowest BCUT2D eigenvalue weighted by molar-refractivity contribution is -0.122. The molecule has 8 rings (SSSR count). The molecule has 23 heavy (non-hydrogen) atoms. The Kier molecular flexibility index (Phi) is 1.79. The molecule has 7 atom stereocenters. The largest absolute Gasteiger partial charge is 0.392 e. The van der Waals surface area contributed by atoms with E-state index in [1.807, 2.05) is 0 Å². The lowest BCUT2D eigenvalue weighted by atomic mass is 9.41. The first-order valence-electron chi connectivity index (χ1n) is 9.53. The van der Waals surface area contributed by atoms with Crippen LogP contribution in [0.2, 0.25) is 0 Å². The Morgan fingerprint density at radius 3 is 3.00 bits per heavy atom. The van der Waals surface area contributed by atoms with Gasteiger partial charge >= 0.3 is 0 Å². The number of nitrogens with zero attached hydrogens (tertiary/aromatic N) is 1. The van der Waals surface area contributed by atoms with Crippen LogP contribution in [-0.4, -0.2) is 40.8 Å².